The smallest absolute Gasteiger partial charge is 0.141 e. The number of nitrogen functional groups attached to an aromatic ring is 1. The Kier molecular flexibility index (Phi) is 3.57. The second-order valence-electron chi connectivity index (χ2n) is 5.00. The van der Waals surface area contributed by atoms with Crippen molar-refractivity contribution >= 4 is 5.69 Å². The fourth-order valence-electron chi connectivity index (χ4n) is 2.90. The molecule has 17 heavy (non-hydrogen) atoms. The molecule has 2 rings (SSSR count). The summed E-state index contributed by atoms with van der Waals surface area (Å²) < 4.78 is 5.20. The zero-order chi connectivity index (χ0) is 12.3. The van der Waals surface area contributed by atoms with E-state index in [1.54, 1.807) is 7.11 Å². The van der Waals surface area contributed by atoms with Gasteiger partial charge in [-0.25, -0.2) is 0 Å². The second-order valence-corrected chi connectivity index (χ2v) is 5.00. The lowest BCUT2D eigenvalue weighted by atomic mass is 9.69. The fourth-order valence-corrected chi connectivity index (χ4v) is 2.90. The van der Waals surface area contributed by atoms with E-state index in [0.29, 0.717) is 12.2 Å². The van der Waals surface area contributed by atoms with Crippen LogP contribution in [0.5, 0.6) is 5.75 Å². The van der Waals surface area contributed by atoms with Crippen molar-refractivity contribution in [3.63, 3.8) is 0 Å². The summed E-state index contributed by atoms with van der Waals surface area (Å²) in [6.07, 6.45) is 6.21. The maximum absolute atomic E-state index is 6.02. The Morgan fingerprint density at radius 2 is 1.94 bits per heavy atom. The molecule has 1 saturated carbocycles. The molecule has 0 bridgehead atoms. The quantitative estimate of drug-likeness (QED) is 0.790. The maximum Gasteiger partial charge on any atom is 0.141 e. The highest BCUT2D eigenvalue weighted by molar-refractivity contribution is 5.55. The van der Waals surface area contributed by atoms with Crippen LogP contribution < -0.4 is 16.2 Å². The lowest BCUT2D eigenvalue weighted by Gasteiger charge is -2.37. The van der Waals surface area contributed by atoms with Gasteiger partial charge < -0.3 is 16.2 Å². The van der Waals surface area contributed by atoms with Gasteiger partial charge in [0.1, 0.15) is 5.75 Å². The highest BCUT2D eigenvalue weighted by Crippen LogP contribution is 2.40. The van der Waals surface area contributed by atoms with E-state index < -0.39 is 0 Å². The molecule has 0 spiro atoms. The maximum atomic E-state index is 6.02. The highest BCUT2D eigenvalue weighted by atomic mass is 16.5. The molecule has 94 valence electrons. The molecule has 1 aliphatic rings. The summed E-state index contributed by atoms with van der Waals surface area (Å²) in [6.45, 7) is 0.707. The van der Waals surface area contributed by atoms with Gasteiger partial charge in [0, 0.05) is 12.0 Å². The molecular weight excluding hydrogens is 212 g/mol. The number of ether oxygens (including phenoxy) is 1. The number of hydrogen-bond acceptors (Lipinski definition) is 3. The monoisotopic (exact) mass is 234 g/mol. The first-order valence-electron chi connectivity index (χ1n) is 6.36. The zero-order valence-electron chi connectivity index (χ0n) is 10.5. The molecule has 0 aliphatic heterocycles. The van der Waals surface area contributed by atoms with Crippen LogP contribution in [0.3, 0.4) is 0 Å². The van der Waals surface area contributed by atoms with Crippen molar-refractivity contribution in [3.8, 4) is 5.75 Å². The minimum atomic E-state index is 0.138. The van der Waals surface area contributed by atoms with Crippen LogP contribution in [0.15, 0.2) is 18.2 Å². The molecule has 0 unspecified atom stereocenters. The second kappa shape index (κ2) is 4.96. The summed E-state index contributed by atoms with van der Waals surface area (Å²) >= 11 is 0. The van der Waals surface area contributed by atoms with Gasteiger partial charge in [0.05, 0.1) is 12.8 Å². The Bertz CT molecular complexity index is 384. The van der Waals surface area contributed by atoms with Crippen molar-refractivity contribution in [1.29, 1.82) is 0 Å². The average molecular weight is 234 g/mol. The minimum Gasteiger partial charge on any atom is -0.495 e. The molecule has 0 aromatic heterocycles. The number of methoxy groups -OCH3 is 1. The van der Waals surface area contributed by atoms with Gasteiger partial charge in [-0.3, -0.25) is 0 Å². The van der Waals surface area contributed by atoms with Crippen LogP contribution >= 0.6 is 0 Å². The molecule has 4 N–H and O–H groups in total. The fraction of sp³-hybridized carbons (Fsp3) is 0.571. The van der Waals surface area contributed by atoms with Gasteiger partial charge in [0.25, 0.3) is 0 Å². The van der Waals surface area contributed by atoms with Crippen LogP contribution in [0.4, 0.5) is 5.69 Å². The summed E-state index contributed by atoms with van der Waals surface area (Å²) in [5, 5.41) is 0. The minimum absolute atomic E-state index is 0.138. The van der Waals surface area contributed by atoms with Crippen molar-refractivity contribution in [2.45, 2.75) is 37.5 Å². The van der Waals surface area contributed by atoms with Gasteiger partial charge in [0.2, 0.25) is 0 Å². The topological polar surface area (TPSA) is 61.3 Å². The van der Waals surface area contributed by atoms with Gasteiger partial charge >= 0.3 is 0 Å². The van der Waals surface area contributed by atoms with Gasteiger partial charge in [-0.15, -0.1) is 0 Å². The zero-order valence-corrected chi connectivity index (χ0v) is 10.5. The summed E-state index contributed by atoms with van der Waals surface area (Å²) in [5.41, 5.74) is 14.1. The number of hydrogen-bond donors (Lipinski definition) is 2. The third-order valence-electron chi connectivity index (χ3n) is 4.04. The summed E-state index contributed by atoms with van der Waals surface area (Å²) in [7, 11) is 1.64. The number of nitrogens with two attached hydrogens (primary N) is 2. The predicted molar refractivity (Wildman–Crippen MR) is 71.2 cm³/mol. The van der Waals surface area contributed by atoms with Crippen molar-refractivity contribution < 1.29 is 4.74 Å². The Morgan fingerprint density at radius 1 is 1.24 bits per heavy atom. The highest BCUT2D eigenvalue weighted by Gasteiger charge is 2.32. The predicted octanol–water partition coefficient (Wildman–Crippen LogP) is 2.44. The molecule has 3 nitrogen and oxygen atoms in total. The van der Waals surface area contributed by atoms with Crippen LogP contribution in [0.25, 0.3) is 0 Å². The van der Waals surface area contributed by atoms with E-state index in [0.717, 1.165) is 5.75 Å². The lowest BCUT2D eigenvalue weighted by molar-refractivity contribution is 0.300. The van der Waals surface area contributed by atoms with E-state index in [9.17, 15) is 0 Å². The average Bonchev–Trinajstić information content (AvgIpc) is 2.39. The Morgan fingerprint density at radius 3 is 2.47 bits per heavy atom. The van der Waals surface area contributed by atoms with E-state index in [1.807, 2.05) is 12.1 Å². The van der Waals surface area contributed by atoms with E-state index in [-0.39, 0.29) is 5.41 Å². The van der Waals surface area contributed by atoms with E-state index >= 15 is 0 Å². The normalized spacial score (nSPS) is 18.9. The molecule has 0 saturated heterocycles. The van der Waals surface area contributed by atoms with Gasteiger partial charge in [-0.1, -0.05) is 25.3 Å². The standard InChI is InChI=1S/C14H22N2O/c1-17-13-6-5-11(9-12(13)16)14(10-15)7-3-2-4-8-14/h5-6,9H,2-4,7-8,10,15-16H2,1H3. The van der Waals surface area contributed by atoms with Gasteiger partial charge in [0.15, 0.2) is 0 Å². The molecular formula is C14H22N2O. The SMILES string of the molecule is COc1ccc(C2(CN)CCCCC2)cc1N. The number of anilines is 1. The molecule has 1 aromatic rings. The van der Waals surface area contributed by atoms with E-state index in [4.69, 9.17) is 16.2 Å². The largest absolute Gasteiger partial charge is 0.495 e. The van der Waals surface area contributed by atoms with Crippen LogP contribution in [0.2, 0.25) is 0 Å². The third-order valence-corrected chi connectivity index (χ3v) is 4.04. The molecule has 1 aliphatic carbocycles. The van der Waals surface area contributed by atoms with Crippen molar-refractivity contribution in [2.24, 2.45) is 5.73 Å². The number of benzene rings is 1. The summed E-state index contributed by atoms with van der Waals surface area (Å²) in [6, 6.07) is 6.11. The molecule has 0 heterocycles. The van der Waals surface area contributed by atoms with Gasteiger partial charge in [-0.2, -0.15) is 0 Å². The van der Waals surface area contributed by atoms with Crippen LogP contribution in [-0.2, 0) is 5.41 Å². The Balaban J connectivity index is 2.33. The summed E-state index contributed by atoms with van der Waals surface area (Å²) in [5.74, 6) is 0.747. The molecule has 1 fully saturated rings. The molecule has 0 amide bonds. The van der Waals surface area contributed by atoms with E-state index in [1.165, 1.54) is 37.7 Å². The van der Waals surface area contributed by atoms with Crippen molar-refractivity contribution in [1.82, 2.24) is 0 Å². The van der Waals surface area contributed by atoms with E-state index in [2.05, 4.69) is 6.07 Å². The first-order valence-corrected chi connectivity index (χ1v) is 6.36. The molecule has 3 heteroatoms. The Labute approximate surface area is 103 Å². The van der Waals surface area contributed by atoms with Crippen molar-refractivity contribution in [3.05, 3.63) is 23.8 Å². The molecule has 1 aromatic carbocycles. The van der Waals surface area contributed by atoms with Crippen molar-refractivity contribution in [2.75, 3.05) is 19.4 Å². The van der Waals surface area contributed by atoms with Crippen LogP contribution in [0.1, 0.15) is 37.7 Å². The first-order chi connectivity index (χ1) is 8.22. The third kappa shape index (κ3) is 2.25. The van der Waals surface area contributed by atoms with Crippen LogP contribution in [0, 0.1) is 0 Å². The summed E-state index contributed by atoms with van der Waals surface area (Å²) in [4.78, 5) is 0. The van der Waals surface area contributed by atoms with Crippen LogP contribution in [-0.4, -0.2) is 13.7 Å². The molecule has 0 atom stereocenters. The number of rotatable bonds is 3. The molecule has 0 radical (unpaired) electrons. The first kappa shape index (κ1) is 12.2. The van der Waals surface area contributed by atoms with Gasteiger partial charge in [-0.05, 0) is 30.5 Å². The Hall–Kier alpha value is -1.22. The lowest BCUT2D eigenvalue weighted by Crippen LogP contribution is -2.37.